The topological polar surface area (TPSA) is 111 Å². The minimum absolute atomic E-state index is 0.324. The number of nitrogens with one attached hydrogen (secondary N) is 1. The molecule has 0 spiro atoms. The molecule has 1 unspecified atom stereocenters. The number of fused-ring (bicyclic) bond motifs is 1. The van der Waals surface area contributed by atoms with E-state index in [9.17, 15) is 9.59 Å². The van der Waals surface area contributed by atoms with E-state index in [1.807, 2.05) is 0 Å². The third-order valence-corrected chi connectivity index (χ3v) is 3.27. The summed E-state index contributed by atoms with van der Waals surface area (Å²) in [5, 5.41) is 9.63. The van der Waals surface area contributed by atoms with Gasteiger partial charge in [0.15, 0.2) is 0 Å². The number of terminal acetylenes is 1. The Labute approximate surface area is 125 Å². The molecule has 0 aromatic rings. The molecule has 0 aliphatic carbocycles. The van der Waals surface area contributed by atoms with Gasteiger partial charge in [-0.25, -0.2) is 4.79 Å². The maximum absolute atomic E-state index is 9.80. The van der Waals surface area contributed by atoms with Gasteiger partial charge in [0, 0.05) is 12.5 Å². The maximum atomic E-state index is 9.80. The standard InChI is InChI=1S/C9H16O2.C3H6N2O3.C2H2/c1-6(2)7-5-11-8-3-4-10-9(7)8;4-2(6)1-5-3(7)8;1-2/h6-9H,3-5H2,1-2H3;5H,1H2,(H2,4,6)(H,7,8);1-2H/t7?,8-,9-;;/m1../s1. The van der Waals surface area contributed by atoms with E-state index in [0.29, 0.717) is 24.0 Å². The van der Waals surface area contributed by atoms with Crippen LogP contribution >= 0.6 is 0 Å². The zero-order valence-corrected chi connectivity index (χ0v) is 12.5. The summed E-state index contributed by atoms with van der Waals surface area (Å²) in [6.45, 7) is 5.98. The van der Waals surface area contributed by atoms with Crippen molar-refractivity contribution in [3.8, 4) is 12.8 Å². The highest BCUT2D eigenvalue weighted by atomic mass is 16.6. The smallest absolute Gasteiger partial charge is 0.405 e. The Morgan fingerprint density at radius 2 is 2.00 bits per heavy atom. The van der Waals surface area contributed by atoms with Crippen molar-refractivity contribution in [2.75, 3.05) is 19.8 Å². The molecule has 2 saturated heterocycles. The monoisotopic (exact) mass is 300 g/mol. The number of carbonyl (C=O) groups is 2. The molecule has 0 bridgehead atoms. The Morgan fingerprint density at radius 3 is 2.43 bits per heavy atom. The zero-order valence-electron chi connectivity index (χ0n) is 12.5. The van der Waals surface area contributed by atoms with Crippen molar-refractivity contribution in [3.63, 3.8) is 0 Å². The molecular formula is C14H24N2O5. The largest absolute Gasteiger partial charge is 0.465 e. The van der Waals surface area contributed by atoms with Gasteiger partial charge in [-0.05, 0) is 12.3 Å². The fourth-order valence-corrected chi connectivity index (χ4v) is 2.23. The molecule has 2 amide bonds. The molecule has 0 aromatic carbocycles. The van der Waals surface area contributed by atoms with Crippen molar-refractivity contribution in [2.24, 2.45) is 17.6 Å². The SMILES string of the molecule is C#C.CC(C)C1CO[C@@H]2CCO[C@H]12.NC(=O)CNC(=O)O. The Morgan fingerprint density at radius 1 is 1.38 bits per heavy atom. The summed E-state index contributed by atoms with van der Waals surface area (Å²) in [6.07, 6.45) is 8.69. The normalized spacial score (nSPS) is 25.9. The van der Waals surface area contributed by atoms with Crippen molar-refractivity contribution in [1.29, 1.82) is 0 Å². The molecule has 2 aliphatic rings. The van der Waals surface area contributed by atoms with Gasteiger partial charge in [-0.15, -0.1) is 12.8 Å². The number of carboxylic acid groups (broad SMARTS) is 1. The number of carbonyl (C=O) groups excluding carboxylic acids is 1. The highest BCUT2D eigenvalue weighted by Crippen LogP contribution is 2.34. The van der Waals surface area contributed by atoms with E-state index in [2.05, 4.69) is 32.4 Å². The maximum Gasteiger partial charge on any atom is 0.405 e. The number of ether oxygens (including phenoxy) is 2. The first-order valence-electron chi connectivity index (χ1n) is 6.73. The highest BCUT2D eigenvalue weighted by Gasteiger charge is 2.42. The van der Waals surface area contributed by atoms with Gasteiger partial charge in [-0.3, -0.25) is 4.79 Å². The lowest BCUT2D eigenvalue weighted by molar-refractivity contribution is -0.117. The Bertz CT molecular complexity index is 343. The van der Waals surface area contributed by atoms with Crippen molar-refractivity contribution in [3.05, 3.63) is 0 Å². The van der Waals surface area contributed by atoms with E-state index >= 15 is 0 Å². The summed E-state index contributed by atoms with van der Waals surface area (Å²) in [5.74, 6) is 0.651. The van der Waals surface area contributed by atoms with Gasteiger partial charge in [-0.1, -0.05) is 13.8 Å². The zero-order chi connectivity index (χ0) is 16.4. The van der Waals surface area contributed by atoms with Crippen LogP contribution in [0.5, 0.6) is 0 Å². The van der Waals surface area contributed by atoms with Crippen molar-refractivity contribution in [1.82, 2.24) is 5.32 Å². The van der Waals surface area contributed by atoms with Crippen LogP contribution in [0.25, 0.3) is 0 Å². The van der Waals surface area contributed by atoms with E-state index < -0.39 is 12.0 Å². The number of hydrogen-bond acceptors (Lipinski definition) is 4. The first kappa shape index (κ1) is 19.2. The molecule has 2 rings (SSSR count). The lowest BCUT2D eigenvalue weighted by Crippen LogP contribution is -2.31. The summed E-state index contributed by atoms with van der Waals surface area (Å²) in [4.78, 5) is 19.4. The second-order valence-electron chi connectivity index (χ2n) is 5.03. The molecule has 2 fully saturated rings. The molecule has 0 aromatic heterocycles. The number of nitrogens with two attached hydrogens (primary N) is 1. The van der Waals surface area contributed by atoms with Crippen molar-refractivity contribution < 1.29 is 24.2 Å². The highest BCUT2D eigenvalue weighted by molar-refractivity contribution is 5.79. The number of amides is 2. The summed E-state index contributed by atoms with van der Waals surface area (Å²) in [6, 6.07) is 0. The number of primary amides is 1. The lowest BCUT2D eigenvalue weighted by Gasteiger charge is -2.18. The molecule has 2 heterocycles. The third kappa shape index (κ3) is 6.97. The quantitative estimate of drug-likeness (QED) is 0.655. The van der Waals surface area contributed by atoms with Crippen LogP contribution in [0.15, 0.2) is 0 Å². The molecule has 120 valence electrons. The van der Waals surface area contributed by atoms with Crippen LogP contribution in [0.3, 0.4) is 0 Å². The van der Waals surface area contributed by atoms with Crippen LogP contribution in [0.4, 0.5) is 4.79 Å². The first-order chi connectivity index (χ1) is 9.91. The molecule has 3 atom stereocenters. The number of hydrogen-bond donors (Lipinski definition) is 3. The van der Waals surface area contributed by atoms with Crippen molar-refractivity contribution in [2.45, 2.75) is 32.5 Å². The van der Waals surface area contributed by atoms with E-state index in [4.69, 9.17) is 14.6 Å². The van der Waals surface area contributed by atoms with Crippen LogP contribution < -0.4 is 11.1 Å². The minimum Gasteiger partial charge on any atom is -0.465 e. The lowest BCUT2D eigenvalue weighted by atomic mass is 9.91. The van der Waals surface area contributed by atoms with E-state index in [0.717, 1.165) is 19.6 Å². The van der Waals surface area contributed by atoms with Gasteiger partial charge in [0.1, 0.15) is 0 Å². The summed E-state index contributed by atoms with van der Waals surface area (Å²) in [5.41, 5.74) is 4.58. The first-order valence-corrected chi connectivity index (χ1v) is 6.73. The molecular weight excluding hydrogens is 276 g/mol. The van der Waals surface area contributed by atoms with Crippen LogP contribution in [0.2, 0.25) is 0 Å². The third-order valence-electron chi connectivity index (χ3n) is 3.27. The summed E-state index contributed by atoms with van der Waals surface area (Å²) < 4.78 is 11.3. The number of rotatable bonds is 3. The van der Waals surface area contributed by atoms with E-state index in [1.165, 1.54) is 0 Å². The fraction of sp³-hybridized carbons (Fsp3) is 0.714. The molecule has 0 saturated carbocycles. The molecule has 4 N–H and O–H groups in total. The van der Waals surface area contributed by atoms with Crippen LogP contribution in [-0.2, 0) is 14.3 Å². The van der Waals surface area contributed by atoms with Gasteiger partial charge in [0.05, 0.1) is 25.4 Å². The van der Waals surface area contributed by atoms with Gasteiger partial charge in [-0.2, -0.15) is 0 Å². The van der Waals surface area contributed by atoms with E-state index in [-0.39, 0.29) is 6.54 Å². The minimum atomic E-state index is -1.25. The average Bonchev–Trinajstić information content (AvgIpc) is 3.01. The van der Waals surface area contributed by atoms with Gasteiger partial charge >= 0.3 is 6.09 Å². The Balaban J connectivity index is 0.000000358. The molecule has 7 heteroatoms. The fourth-order valence-electron chi connectivity index (χ4n) is 2.23. The summed E-state index contributed by atoms with van der Waals surface area (Å²) >= 11 is 0. The molecule has 21 heavy (non-hydrogen) atoms. The van der Waals surface area contributed by atoms with Gasteiger partial charge in [0.25, 0.3) is 0 Å². The average molecular weight is 300 g/mol. The molecule has 0 radical (unpaired) electrons. The second kappa shape index (κ2) is 10.0. The molecule has 7 nitrogen and oxygen atoms in total. The predicted octanol–water partition coefficient (Wildman–Crippen LogP) is 0.435. The van der Waals surface area contributed by atoms with E-state index in [1.54, 1.807) is 5.32 Å². The van der Waals surface area contributed by atoms with Gasteiger partial charge < -0.3 is 25.6 Å². The van der Waals surface area contributed by atoms with Crippen LogP contribution in [0, 0.1) is 24.7 Å². The van der Waals surface area contributed by atoms with Crippen LogP contribution in [0.1, 0.15) is 20.3 Å². The second-order valence-corrected chi connectivity index (χ2v) is 5.03. The van der Waals surface area contributed by atoms with Crippen LogP contribution in [-0.4, -0.2) is 49.1 Å². The molecule has 2 aliphatic heterocycles. The Kier molecular flexibility index (Phi) is 9.17. The summed E-state index contributed by atoms with van der Waals surface area (Å²) in [7, 11) is 0. The van der Waals surface area contributed by atoms with Gasteiger partial charge in [0.2, 0.25) is 5.91 Å². The predicted molar refractivity (Wildman–Crippen MR) is 77.5 cm³/mol. The van der Waals surface area contributed by atoms with Crippen molar-refractivity contribution >= 4 is 12.0 Å². The Hall–Kier alpha value is -1.78.